The molecule has 0 radical (unpaired) electrons. The molecule has 0 aromatic heterocycles. The molecule has 5 nitrogen and oxygen atoms in total. The van der Waals surface area contributed by atoms with Gasteiger partial charge in [-0.05, 0) is 18.2 Å². The topological polar surface area (TPSA) is 53.0 Å². The van der Waals surface area contributed by atoms with Gasteiger partial charge in [0.25, 0.3) is 0 Å². The summed E-state index contributed by atoms with van der Waals surface area (Å²) in [5, 5.41) is 9.24. The number of carboxylic acids is 1. The summed E-state index contributed by atoms with van der Waals surface area (Å²) in [6.45, 7) is 4.32. The van der Waals surface area contributed by atoms with Crippen molar-refractivity contribution in [1.82, 2.24) is 9.80 Å². The number of piperazine rings is 1. The van der Waals surface area contributed by atoms with Crippen LogP contribution < -0.4 is 0 Å². The molecule has 1 N–H and O–H groups in total. The van der Waals surface area contributed by atoms with Crippen LogP contribution in [0.15, 0.2) is 24.3 Å². The van der Waals surface area contributed by atoms with Crippen molar-refractivity contribution in [2.75, 3.05) is 40.3 Å². The minimum atomic E-state index is -0.754. The fourth-order valence-electron chi connectivity index (χ4n) is 2.81. The minimum Gasteiger partial charge on any atom is -0.481 e. The summed E-state index contributed by atoms with van der Waals surface area (Å²) in [6, 6.07) is 8.01. The molecule has 1 heterocycles. The molecule has 5 heteroatoms. The normalized spacial score (nSPS) is 18.6. The quantitative estimate of drug-likeness (QED) is 0.863. The summed E-state index contributed by atoms with van der Waals surface area (Å²) in [5.74, 6) is -0.754. The number of hydrogen-bond acceptors (Lipinski definition) is 4. The first-order chi connectivity index (χ1) is 10.1. The summed E-state index contributed by atoms with van der Waals surface area (Å²) in [5.41, 5.74) is 2.15. The van der Waals surface area contributed by atoms with Gasteiger partial charge in [-0.2, -0.15) is 0 Å². The Morgan fingerprint density at radius 3 is 2.67 bits per heavy atom. The molecule has 116 valence electrons. The Hall–Kier alpha value is -1.43. The number of rotatable bonds is 6. The predicted molar refractivity (Wildman–Crippen MR) is 81.2 cm³/mol. The second kappa shape index (κ2) is 7.54. The Bertz CT molecular complexity index is 470. The largest absolute Gasteiger partial charge is 0.481 e. The Morgan fingerprint density at radius 1 is 1.33 bits per heavy atom. The number of likely N-dealkylation sites (N-methyl/N-ethyl adjacent to an activating group) is 1. The van der Waals surface area contributed by atoms with E-state index < -0.39 is 5.97 Å². The Labute approximate surface area is 126 Å². The van der Waals surface area contributed by atoms with Gasteiger partial charge in [0.05, 0.1) is 13.0 Å². The van der Waals surface area contributed by atoms with Crippen molar-refractivity contribution >= 4 is 5.97 Å². The Balaban J connectivity index is 2.18. The third-order valence-electron chi connectivity index (χ3n) is 3.99. The van der Waals surface area contributed by atoms with Gasteiger partial charge in [0, 0.05) is 39.3 Å². The molecule has 0 bridgehead atoms. The molecule has 21 heavy (non-hydrogen) atoms. The van der Waals surface area contributed by atoms with E-state index in [9.17, 15) is 9.90 Å². The molecular weight excluding hydrogens is 268 g/mol. The van der Waals surface area contributed by atoms with E-state index in [1.165, 1.54) is 0 Å². The van der Waals surface area contributed by atoms with Crippen LogP contribution in [0.25, 0.3) is 0 Å². The highest BCUT2D eigenvalue weighted by Crippen LogP contribution is 2.26. The van der Waals surface area contributed by atoms with E-state index in [1.807, 2.05) is 18.2 Å². The number of carboxylic acid groups (broad SMARTS) is 1. The molecule has 1 atom stereocenters. The number of aliphatic carboxylic acids is 1. The number of carbonyl (C=O) groups is 1. The molecule has 1 saturated heterocycles. The third-order valence-corrected chi connectivity index (χ3v) is 3.99. The van der Waals surface area contributed by atoms with Crippen molar-refractivity contribution in [1.29, 1.82) is 0 Å². The van der Waals surface area contributed by atoms with Gasteiger partial charge in [-0.1, -0.05) is 24.3 Å². The van der Waals surface area contributed by atoms with Gasteiger partial charge in [0.15, 0.2) is 0 Å². The van der Waals surface area contributed by atoms with Crippen molar-refractivity contribution in [3.63, 3.8) is 0 Å². The van der Waals surface area contributed by atoms with Crippen LogP contribution in [0.2, 0.25) is 0 Å². The van der Waals surface area contributed by atoms with Crippen LogP contribution in [0.5, 0.6) is 0 Å². The van der Waals surface area contributed by atoms with Crippen LogP contribution >= 0.6 is 0 Å². The molecule has 0 aliphatic carbocycles. The highest BCUT2D eigenvalue weighted by Gasteiger charge is 2.26. The van der Waals surface area contributed by atoms with Crippen LogP contribution in [-0.4, -0.2) is 61.2 Å². The lowest BCUT2D eigenvalue weighted by Crippen LogP contribution is -2.46. The molecule has 1 fully saturated rings. The van der Waals surface area contributed by atoms with E-state index in [-0.39, 0.29) is 12.5 Å². The summed E-state index contributed by atoms with van der Waals surface area (Å²) in [6.07, 6.45) is 0.139. The van der Waals surface area contributed by atoms with Crippen molar-refractivity contribution in [2.45, 2.75) is 19.1 Å². The molecule has 1 aromatic carbocycles. The van der Waals surface area contributed by atoms with Crippen LogP contribution in [-0.2, 0) is 16.1 Å². The monoisotopic (exact) mass is 292 g/mol. The van der Waals surface area contributed by atoms with E-state index >= 15 is 0 Å². The standard InChI is InChI=1S/C16H24N2O3/c1-17-6-8-18(9-7-17)15(11-16(19)20)14-5-3-4-13(10-14)12-21-2/h3-5,10,15H,6-9,11-12H2,1-2H3,(H,19,20). The van der Waals surface area contributed by atoms with Crippen molar-refractivity contribution in [2.24, 2.45) is 0 Å². The van der Waals surface area contributed by atoms with Crippen LogP contribution in [0.1, 0.15) is 23.6 Å². The van der Waals surface area contributed by atoms with Gasteiger partial charge in [-0.3, -0.25) is 9.69 Å². The number of hydrogen-bond donors (Lipinski definition) is 1. The van der Waals surface area contributed by atoms with Crippen LogP contribution in [0, 0.1) is 0 Å². The van der Waals surface area contributed by atoms with Gasteiger partial charge >= 0.3 is 5.97 Å². The molecule has 1 aromatic rings. The molecule has 0 saturated carbocycles. The zero-order valence-electron chi connectivity index (χ0n) is 12.8. The van der Waals surface area contributed by atoms with Gasteiger partial charge in [-0.25, -0.2) is 0 Å². The molecule has 0 amide bonds. The van der Waals surface area contributed by atoms with E-state index in [0.717, 1.165) is 37.3 Å². The molecular formula is C16H24N2O3. The first kappa shape index (κ1) is 15.9. The predicted octanol–water partition coefficient (Wildman–Crippen LogP) is 1.60. The first-order valence-corrected chi connectivity index (χ1v) is 7.32. The lowest BCUT2D eigenvalue weighted by molar-refractivity contribution is -0.138. The van der Waals surface area contributed by atoms with Crippen LogP contribution in [0.3, 0.4) is 0 Å². The molecule has 1 aliphatic rings. The van der Waals surface area contributed by atoms with E-state index in [4.69, 9.17) is 4.74 Å². The average Bonchev–Trinajstić information content (AvgIpc) is 2.46. The van der Waals surface area contributed by atoms with Crippen molar-refractivity contribution in [3.8, 4) is 0 Å². The zero-order valence-corrected chi connectivity index (χ0v) is 12.8. The maximum atomic E-state index is 11.2. The summed E-state index contributed by atoms with van der Waals surface area (Å²) < 4.78 is 5.17. The fourth-order valence-corrected chi connectivity index (χ4v) is 2.81. The number of benzene rings is 1. The number of nitrogens with zero attached hydrogens (tertiary/aromatic N) is 2. The number of ether oxygens (including phenoxy) is 1. The van der Waals surface area contributed by atoms with Gasteiger partial charge < -0.3 is 14.7 Å². The second-order valence-corrected chi connectivity index (χ2v) is 5.63. The Morgan fingerprint density at radius 2 is 2.05 bits per heavy atom. The second-order valence-electron chi connectivity index (χ2n) is 5.63. The highest BCUT2D eigenvalue weighted by atomic mass is 16.5. The number of methoxy groups -OCH3 is 1. The smallest absolute Gasteiger partial charge is 0.305 e. The summed E-state index contributed by atoms with van der Waals surface area (Å²) in [4.78, 5) is 15.8. The van der Waals surface area contributed by atoms with E-state index in [0.29, 0.717) is 6.61 Å². The summed E-state index contributed by atoms with van der Waals surface area (Å²) >= 11 is 0. The SMILES string of the molecule is COCc1cccc(C(CC(=O)O)N2CCN(C)CC2)c1. The van der Waals surface area contributed by atoms with E-state index in [2.05, 4.69) is 22.9 Å². The van der Waals surface area contributed by atoms with Gasteiger partial charge in [0.2, 0.25) is 0 Å². The van der Waals surface area contributed by atoms with Gasteiger partial charge in [-0.15, -0.1) is 0 Å². The lowest BCUT2D eigenvalue weighted by atomic mass is 9.99. The highest BCUT2D eigenvalue weighted by molar-refractivity contribution is 5.68. The maximum Gasteiger partial charge on any atom is 0.305 e. The van der Waals surface area contributed by atoms with E-state index in [1.54, 1.807) is 7.11 Å². The van der Waals surface area contributed by atoms with Crippen molar-refractivity contribution < 1.29 is 14.6 Å². The molecule has 1 aliphatic heterocycles. The van der Waals surface area contributed by atoms with Gasteiger partial charge in [0.1, 0.15) is 0 Å². The van der Waals surface area contributed by atoms with Crippen molar-refractivity contribution in [3.05, 3.63) is 35.4 Å². The molecule has 1 unspecified atom stereocenters. The summed E-state index contributed by atoms with van der Waals surface area (Å²) in [7, 11) is 3.77. The molecule has 2 rings (SSSR count). The molecule has 0 spiro atoms. The minimum absolute atomic E-state index is 0.0620. The first-order valence-electron chi connectivity index (χ1n) is 7.32. The maximum absolute atomic E-state index is 11.2. The third kappa shape index (κ3) is 4.52. The van der Waals surface area contributed by atoms with Crippen LogP contribution in [0.4, 0.5) is 0 Å². The Kier molecular flexibility index (Phi) is 5.73. The zero-order chi connectivity index (χ0) is 15.2. The lowest BCUT2D eigenvalue weighted by Gasteiger charge is -2.37. The fraction of sp³-hybridized carbons (Fsp3) is 0.562. The average molecular weight is 292 g/mol.